The minimum Gasteiger partial charge on any atom is -0.389 e. The van der Waals surface area contributed by atoms with E-state index in [1.165, 1.54) is 0 Å². The van der Waals surface area contributed by atoms with Gasteiger partial charge in [-0.25, -0.2) is 4.39 Å². The van der Waals surface area contributed by atoms with Crippen LogP contribution in [0.25, 0.3) is 0 Å². The molecule has 0 saturated carbocycles. The van der Waals surface area contributed by atoms with Crippen molar-refractivity contribution in [1.29, 1.82) is 0 Å². The number of alkyl halides is 3. The van der Waals surface area contributed by atoms with Crippen molar-refractivity contribution in [2.75, 3.05) is 13.1 Å². The topological polar surface area (TPSA) is 32.3 Å². The van der Waals surface area contributed by atoms with E-state index in [1.54, 1.807) is 0 Å². The summed E-state index contributed by atoms with van der Waals surface area (Å²) in [5.74, 6) is -0.928. The summed E-state index contributed by atoms with van der Waals surface area (Å²) in [7, 11) is 0. The first-order valence-electron chi connectivity index (χ1n) is 6.08. The second kappa shape index (κ2) is 5.09. The van der Waals surface area contributed by atoms with Crippen LogP contribution in [0.5, 0.6) is 0 Å². The van der Waals surface area contributed by atoms with E-state index < -0.39 is 23.2 Å². The SMILES string of the molecule is OC1(Cc2cc(F)cc(C(F)(F)F)c2)CCNCC1. The molecule has 0 unspecified atom stereocenters. The highest BCUT2D eigenvalue weighted by molar-refractivity contribution is 5.28. The van der Waals surface area contributed by atoms with E-state index >= 15 is 0 Å². The maximum absolute atomic E-state index is 13.2. The van der Waals surface area contributed by atoms with E-state index in [0.29, 0.717) is 32.0 Å². The first-order valence-corrected chi connectivity index (χ1v) is 6.08. The lowest BCUT2D eigenvalue weighted by Crippen LogP contribution is -2.43. The largest absolute Gasteiger partial charge is 0.416 e. The molecule has 0 spiro atoms. The predicted octanol–water partition coefficient (Wildman–Crippen LogP) is 2.50. The first-order chi connectivity index (χ1) is 8.78. The average molecular weight is 277 g/mol. The van der Waals surface area contributed by atoms with Crippen molar-refractivity contribution >= 4 is 0 Å². The number of halogens is 4. The Balaban J connectivity index is 2.22. The fourth-order valence-corrected chi connectivity index (χ4v) is 2.36. The van der Waals surface area contributed by atoms with Gasteiger partial charge in [-0.3, -0.25) is 0 Å². The third kappa shape index (κ3) is 3.67. The predicted molar refractivity (Wildman–Crippen MR) is 62.2 cm³/mol. The van der Waals surface area contributed by atoms with Gasteiger partial charge in [0.1, 0.15) is 5.82 Å². The van der Waals surface area contributed by atoms with Gasteiger partial charge in [0.15, 0.2) is 0 Å². The van der Waals surface area contributed by atoms with Crippen LogP contribution in [0.15, 0.2) is 18.2 Å². The molecule has 1 fully saturated rings. The van der Waals surface area contributed by atoms with Crippen LogP contribution in [0.1, 0.15) is 24.0 Å². The molecule has 1 aromatic carbocycles. The maximum atomic E-state index is 13.2. The Morgan fingerprint density at radius 1 is 1.16 bits per heavy atom. The van der Waals surface area contributed by atoms with Gasteiger partial charge in [0.05, 0.1) is 11.2 Å². The van der Waals surface area contributed by atoms with Gasteiger partial charge >= 0.3 is 6.18 Å². The lowest BCUT2D eigenvalue weighted by Gasteiger charge is -2.32. The van der Waals surface area contributed by atoms with Crippen molar-refractivity contribution in [2.45, 2.75) is 31.0 Å². The molecular formula is C13H15F4NO. The van der Waals surface area contributed by atoms with Crippen molar-refractivity contribution in [1.82, 2.24) is 5.32 Å². The molecule has 1 aliphatic rings. The van der Waals surface area contributed by atoms with E-state index in [4.69, 9.17) is 0 Å². The van der Waals surface area contributed by atoms with Crippen LogP contribution in [0.2, 0.25) is 0 Å². The second-order valence-electron chi connectivity index (χ2n) is 5.00. The summed E-state index contributed by atoms with van der Waals surface area (Å²) < 4.78 is 51.0. The Hall–Kier alpha value is -1.14. The number of hydrogen-bond acceptors (Lipinski definition) is 2. The average Bonchev–Trinajstić information content (AvgIpc) is 2.27. The van der Waals surface area contributed by atoms with Gasteiger partial charge in [-0.1, -0.05) is 0 Å². The number of aliphatic hydroxyl groups is 1. The van der Waals surface area contributed by atoms with E-state index in [0.717, 1.165) is 12.1 Å². The van der Waals surface area contributed by atoms with Gasteiger partial charge in [-0.15, -0.1) is 0 Å². The van der Waals surface area contributed by atoms with Gasteiger partial charge in [0.2, 0.25) is 0 Å². The molecule has 0 aromatic heterocycles. The highest BCUT2D eigenvalue weighted by atomic mass is 19.4. The summed E-state index contributed by atoms with van der Waals surface area (Å²) in [6.45, 7) is 1.22. The van der Waals surface area contributed by atoms with Crippen molar-refractivity contribution in [3.63, 3.8) is 0 Å². The maximum Gasteiger partial charge on any atom is 0.416 e. The Bertz CT molecular complexity index is 452. The first kappa shape index (κ1) is 14.3. The Labute approximate surface area is 108 Å². The monoisotopic (exact) mass is 277 g/mol. The van der Waals surface area contributed by atoms with Crippen molar-refractivity contribution in [3.05, 3.63) is 35.1 Å². The quantitative estimate of drug-likeness (QED) is 0.814. The summed E-state index contributed by atoms with van der Waals surface area (Å²) in [6, 6.07) is 2.42. The van der Waals surface area contributed by atoms with E-state index in [1.807, 2.05) is 0 Å². The molecule has 0 bridgehead atoms. The highest BCUT2D eigenvalue weighted by Gasteiger charge is 2.33. The van der Waals surface area contributed by atoms with E-state index in [2.05, 4.69) is 5.32 Å². The zero-order valence-corrected chi connectivity index (χ0v) is 10.2. The van der Waals surface area contributed by atoms with E-state index in [9.17, 15) is 22.7 Å². The van der Waals surface area contributed by atoms with E-state index in [-0.39, 0.29) is 12.0 Å². The number of piperidine rings is 1. The lowest BCUT2D eigenvalue weighted by atomic mass is 9.85. The smallest absolute Gasteiger partial charge is 0.389 e. The molecular weight excluding hydrogens is 262 g/mol. The van der Waals surface area contributed by atoms with Crippen molar-refractivity contribution in [3.8, 4) is 0 Å². The highest BCUT2D eigenvalue weighted by Crippen LogP contribution is 2.32. The van der Waals surface area contributed by atoms with Crippen molar-refractivity contribution in [2.24, 2.45) is 0 Å². The number of rotatable bonds is 2. The Morgan fingerprint density at radius 2 is 1.79 bits per heavy atom. The van der Waals surface area contributed by atoms with Gasteiger partial charge in [0, 0.05) is 6.42 Å². The number of nitrogens with one attached hydrogen (secondary N) is 1. The molecule has 2 nitrogen and oxygen atoms in total. The van der Waals surface area contributed by atoms with Gasteiger partial charge in [-0.05, 0) is 49.7 Å². The molecule has 0 aliphatic carbocycles. The molecule has 6 heteroatoms. The molecule has 2 N–H and O–H groups in total. The molecule has 1 aliphatic heterocycles. The molecule has 106 valence electrons. The zero-order chi connectivity index (χ0) is 14.1. The van der Waals surface area contributed by atoms with Crippen LogP contribution in [0.3, 0.4) is 0 Å². The molecule has 0 radical (unpaired) electrons. The minimum absolute atomic E-state index is 0.0372. The summed E-state index contributed by atoms with van der Waals surface area (Å²) in [5.41, 5.74) is -1.89. The summed E-state index contributed by atoms with van der Waals surface area (Å²) in [5, 5.41) is 13.3. The summed E-state index contributed by atoms with van der Waals surface area (Å²) in [4.78, 5) is 0. The Morgan fingerprint density at radius 3 is 2.37 bits per heavy atom. The van der Waals surface area contributed by atoms with Crippen LogP contribution in [0.4, 0.5) is 17.6 Å². The normalized spacial score (nSPS) is 19.4. The zero-order valence-electron chi connectivity index (χ0n) is 10.2. The lowest BCUT2D eigenvalue weighted by molar-refractivity contribution is -0.137. The molecule has 2 rings (SSSR count). The van der Waals surface area contributed by atoms with Crippen LogP contribution < -0.4 is 5.32 Å². The Kier molecular flexibility index (Phi) is 3.82. The third-order valence-electron chi connectivity index (χ3n) is 3.35. The summed E-state index contributed by atoms with van der Waals surface area (Å²) in [6.07, 6.45) is -3.64. The standard InChI is InChI=1S/C13H15F4NO/c14-11-6-9(5-10(7-11)13(15,16)17)8-12(19)1-3-18-4-2-12/h5-7,18-19H,1-4,8H2. The van der Waals surface area contributed by atoms with Gasteiger partial charge in [0.25, 0.3) is 0 Å². The van der Waals surface area contributed by atoms with Crippen LogP contribution in [-0.2, 0) is 12.6 Å². The second-order valence-corrected chi connectivity index (χ2v) is 5.00. The third-order valence-corrected chi connectivity index (χ3v) is 3.35. The molecule has 1 aromatic rings. The van der Waals surface area contributed by atoms with Gasteiger partial charge < -0.3 is 10.4 Å². The van der Waals surface area contributed by atoms with Crippen LogP contribution >= 0.6 is 0 Å². The number of benzene rings is 1. The van der Waals surface area contributed by atoms with Gasteiger partial charge in [-0.2, -0.15) is 13.2 Å². The minimum atomic E-state index is -4.58. The van der Waals surface area contributed by atoms with Crippen molar-refractivity contribution < 1.29 is 22.7 Å². The molecule has 0 amide bonds. The van der Waals surface area contributed by atoms with Crippen LogP contribution in [0, 0.1) is 5.82 Å². The van der Waals surface area contributed by atoms with Crippen LogP contribution in [-0.4, -0.2) is 23.8 Å². The molecule has 1 saturated heterocycles. The molecule has 0 atom stereocenters. The summed E-state index contributed by atoms with van der Waals surface area (Å²) >= 11 is 0. The fourth-order valence-electron chi connectivity index (χ4n) is 2.36. The number of hydrogen-bond donors (Lipinski definition) is 2. The molecule has 19 heavy (non-hydrogen) atoms. The molecule has 1 heterocycles. The fraction of sp³-hybridized carbons (Fsp3) is 0.538.